The van der Waals surface area contributed by atoms with Crippen molar-refractivity contribution in [2.45, 2.75) is 129 Å². The zero-order valence-corrected chi connectivity index (χ0v) is 18.5. The van der Waals surface area contributed by atoms with Crippen LogP contribution < -0.4 is 0 Å². The van der Waals surface area contributed by atoms with Crippen molar-refractivity contribution in [3.63, 3.8) is 0 Å². The van der Waals surface area contributed by atoms with Gasteiger partial charge in [-0.2, -0.15) is 0 Å². The molecule has 0 bridgehead atoms. The minimum Gasteiger partial charge on any atom is -0.269 e. The van der Waals surface area contributed by atoms with Gasteiger partial charge >= 0.3 is 0 Å². The van der Waals surface area contributed by atoms with Crippen LogP contribution in [0.3, 0.4) is 0 Å². The zero-order valence-electron chi connectivity index (χ0n) is 18.5. The molecular formula is C25H43NO2. The maximum absolute atomic E-state index is 12.5. The van der Waals surface area contributed by atoms with Gasteiger partial charge in [0.05, 0.1) is 5.54 Å². The third kappa shape index (κ3) is 6.19. The molecule has 0 aromatic carbocycles. The van der Waals surface area contributed by atoms with Gasteiger partial charge in [0.1, 0.15) is 0 Å². The fourth-order valence-corrected chi connectivity index (χ4v) is 5.57. The number of carbonyl (C=O) groups excluding carboxylic acids is 2. The third-order valence-electron chi connectivity index (χ3n) is 7.34. The Labute approximate surface area is 173 Å². The molecule has 160 valence electrons. The first-order chi connectivity index (χ1) is 13.7. The standard InChI is InChI=1S/C25H43NO2/c1-3-25(4-2,26-23(27)20-21-24(26)28)22-18-16-14-12-10-8-6-5-7-9-11-13-15-17-19-22/h20-22H,3-19H2,1-2H3. The fourth-order valence-electron chi connectivity index (χ4n) is 5.57. The van der Waals surface area contributed by atoms with Crippen molar-refractivity contribution >= 4 is 11.8 Å². The van der Waals surface area contributed by atoms with E-state index < -0.39 is 0 Å². The van der Waals surface area contributed by atoms with E-state index in [1.54, 1.807) is 4.90 Å². The van der Waals surface area contributed by atoms with Crippen LogP contribution in [0.5, 0.6) is 0 Å². The lowest BCUT2D eigenvalue weighted by Gasteiger charge is -2.46. The first kappa shape index (κ1) is 23.2. The molecule has 1 aliphatic carbocycles. The summed E-state index contributed by atoms with van der Waals surface area (Å²) in [5, 5.41) is 0. The molecule has 3 nitrogen and oxygen atoms in total. The first-order valence-electron chi connectivity index (χ1n) is 12.2. The summed E-state index contributed by atoms with van der Waals surface area (Å²) < 4.78 is 0. The van der Waals surface area contributed by atoms with Gasteiger partial charge in [0.25, 0.3) is 11.8 Å². The Morgan fingerprint density at radius 3 is 1.32 bits per heavy atom. The van der Waals surface area contributed by atoms with E-state index in [1.165, 1.54) is 95.6 Å². The Morgan fingerprint density at radius 1 is 0.679 bits per heavy atom. The quantitative estimate of drug-likeness (QED) is 0.488. The van der Waals surface area contributed by atoms with E-state index in [2.05, 4.69) is 13.8 Å². The Balaban J connectivity index is 2.08. The molecule has 0 spiro atoms. The third-order valence-corrected chi connectivity index (χ3v) is 7.34. The SMILES string of the molecule is CCC(CC)(C1CCCCCCCCCCCCCCC1)N1C(=O)C=CC1=O. The molecule has 0 radical (unpaired) electrons. The molecule has 1 heterocycles. The predicted octanol–water partition coefficient (Wildman–Crippen LogP) is 6.95. The molecule has 0 aromatic rings. The summed E-state index contributed by atoms with van der Waals surface area (Å²) in [6.45, 7) is 4.34. The van der Waals surface area contributed by atoms with Crippen molar-refractivity contribution in [1.82, 2.24) is 4.90 Å². The normalized spacial score (nSPS) is 22.7. The average molecular weight is 390 g/mol. The molecule has 0 saturated heterocycles. The van der Waals surface area contributed by atoms with Crippen molar-refractivity contribution < 1.29 is 9.59 Å². The molecule has 3 heteroatoms. The summed E-state index contributed by atoms with van der Waals surface area (Å²) in [7, 11) is 0. The van der Waals surface area contributed by atoms with Gasteiger partial charge in [-0.1, -0.05) is 97.3 Å². The topological polar surface area (TPSA) is 37.4 Å². The summed E-state index contributed by atoms with van der Waals surface area (Å²) in [4.78, 5) is 26.7. The molecule has 0 N–H and O–H groups in total. The molecule has 2 aliphatic rings. The largest absolute Gasteiger partial charge is 0.269 e. The van der Waals surface area contributed by atoms with Crippen LogP contribution in [-0.2, 0) is 9.59 Å². The van der Waals surface area contributed by atoms with E-state index in [9.17, 15) is 9.59 Å². The summed E-state index contributed by atoms with van der Waals surface area (Å²) in [6, 6.07) is 0. The summed E-state index contributed by atoms with van der Waals surface area (Å²) in [6.07, 6.45) is 24.4. The highest BCUT2D eigenvalue weighted by molar-refractivity contribution is 6.13. The second kappa shape index (κ2) is 12.4. The van der Waals surface area contributed by atoms with Crippen molar-refractivity contribution in [3.05, 3.63) is 12.2 Å². The Hall–Kier alpha value is -1.12. The number of hydrogen-bond donors (Lipinski definition) is 0. The van der Waals surface area contributed by atoms with Crippen LogP contribution in [0.15, 0.2) is 12.2 Å². The van der Waals surface area contributed by atoms with Gasteiger partial charge in [0.15, 0.2) is 0 Å². The molecule has 0 unspecified atom stereocenters. The molecular weight excluding hydrogens is 346 g/mol. The zero-order chi connectivity index (χ0) is 20.2. The van der Waals surface area contributed by atoms with E-state index in [0.717, 1.165) is 25.7 Å². The number of imide groups is 1. The predicted molar refractivity (Wildman–Crippen MR) is 117 cm³/mol. The van der Waals surface area contributed by atoms with E-state index in [4.69, 9.17) is 0 Å². The van der Waals surface area contributed by atoms with E-state index in [0.29, 0.717) is 5.92 Å². The van der Waals surface area contributed by atoms with Gasteiger partial charge in [-0.25, -0.2) is 0 Å². The maximum Gasteiger partial charge on any atom is 0.254 e. The van der Waals surface area contributed by atoms with Gasteiger partial charge in [-0.15, -0.1) is 0 Å². The van der Waals surface area contributed by atoms with Crippen LogP contribution in [0.1, 0.15) is 123 Å². The average Bonchev–Trinajstić information content (AvgIpc) is 3.03. The Bertz CT molecular complexity index is 473. The number of carbonyl (C=O) groups is 2. The lowest BCUT2D eigenvalue weighted by molar-refractivity contribution is -0.148. The molecule has 2 amide bonds. The highest BCUT2D eigenvalue weighted by Gasteiger charge is 2.46. The van der Waals surface area contributed by atoms with E-state index >= 15 is 0 Å². The van der Waals surface area contributed by atoms with Crippen molar-refractivity contribution in [1.29, 1.82) is 0 Å². The van der Waals surface area contributed by atoms with Gasteiger partial charge in [0, 0.05) is 12.2 Å². The maximum atomic E-state index is 12.5. The van der Waals surface area contributed by atoms with Gasteiger partial charge in [0.2, 0.25) is 0 Å². The molecule has 28 heavy (non-hydrogen) atoms. The Morgan fingerprint density at radius 2 is 1.00 bits per heavy atom. The number of hydrogen-bond acceptors (Lipinski definition) is 2. The molecule has 1 aliphatic heterocycles. The minimum atomic E-state index is -0.302. The second-order valence-corrected chi connectivity index (χ2v) is 9.03. The van der Waals surface area contributed by atoms with E-state index in [-0.39, 0.29) is 17.4 Å². The number of amides is 2. The van der Waals surface area contributed by atoms with Gasteiger partial charge in [-0.05, 0) is 31.6 Å². The van der Waals surface area contributed by atoms with Gasteiger partial charge in [-0.3, -0.25) is 14.5 Å². The van der Waals surface area contributed by atoms with Crippen molar-refractivity contribution in [2.75, 3.05) is 0 Å². The molecule has 2 rings (SSSR count). The van der Waals surface area contributed by atoms with Crippen LogP contribution in [0.4, 0.5) is 0 Å². The number of rotatable bonds is 4. The fraction of sp³-hybridized carbons (Fsp3) is 0.840. The van der Waals surface area contributed by atoms with Crippen LogP contribution in [0, 0.1) is 5.92 Å². The van der Waals surface area contributed by atoms with E-state index in [1.807, 2.05) is 0 Å². The lowest BCUT2D eigenvalue weighted by Crippen LogP contribution is -2.56. The summed E-state index contributed by atoms with van der Waals surface area (Å²) in [5.41, 5.74) is -0.302. The molecule has 1 fully saturated rings. The second-order valence-electron chi connectivity index (χ2n) is 9.03. The Kier molecular flexibility index (Phi) is 10.3. The lowest BCUT2D eigenvalue weighted by atomic mass is 9.72. The first-order valence-corrected chi connectivity index (χ1v) is 12.2. The molecule has 0 atom stereocenters. The van der Waals surface area contributed by atoms with Crippen LogP contribution >= 0.6 is 0 Å². The van der Waals surface area contributed by atoms with Crippen molar-refractivity contribution in [3.8, 4) is 0 Å². The van der Waals surface area contributed by atoms with Crippen molar-refractivity contribution in [2.24, 2.45) is 5.92 Å². The van der Waals surface area contributed by atoms with Gasteiger partial charge < -0.3 is 0 Å². The highest BCUT2D eigenvalue weighted by atomic mass is 16.2. The molecule has 0 aromatic heterocycles. The highest BCUT2D eigenvalue weighted by Crippen LogP contribution is 2.40. The van der Waals surface area contributed by atoms with Crippen LogP contribution in [-0.4, -0.2) is 22.3 Å². The van der Waals surface area contributed by atoms with Crippen LogP contribution in [0.25, 0.3) is 0 Å². The monoisotopic (exact) mass is 389 g/mol. The summed E-state index contributed by atoms with van der Waals surface area (Å²) >= 11 is 0. The number of nitrogens with zero attached hydrogens (tertiary/aromatic N) is 1. The molecule has 1 saturated carbocycles. The smallest absolute Gasteiger partial charge is 0.254 e. The summed E-state index contributed by atoms with van der Waals surface area (Å²) in [5.74, 6) is 0.241. The van der Waals surface area contributed by atoms with Crippen LogP contribution in [0.2, 0.25) is 0 Å². The minimum absolute atomic E-state index is 0.0964.